The number of carbonyl (C=O) groups is 1. The Balaban J connectivity index is 1.67. The Labute approximate surface area is 156 Å². The SMILES string of the molecule is CCOc1ccccc1NC(=O)c1cnc(Nc2ccc(C#N)cc2)cn1. The maximum atomic E-state index is 12.4. The molecule has 2 aromatic carbocycles. The van der Waals surface area contributed by atoms with Gasteiger partial charge in [-0.3, -0.25) is 4.79 Å². The lowest BCUT2D eigenvalue weighted by Gasteiger charge is -2.11. The van der Waals surface area contributed by atoms with E-state index in [0.29, 0.717) is 29.4 Å². The van der Waals surface area contributed by atoms with Crippen LogP contribution in [0.1, 0.15) is 23.0 Å². The highest BCUT2D eigenvalue weighted by Crippen LogP contribution is 2.24. The number of nitriles is 1. The number of carbonyl (C=O) groups excluding carboxylic acids is 1. The minimum atomic E-state index is -0.375. The van der Waals surface area contributed by atoms with E-state index in [4.69, 9.17) is 10.00 Å². The molecular formula is C20H17N5O2. The fourth-order valence-electron chi connectivity index (χ4n) is 2.32. The number of hydrogen-bond donors (Lipinski definition) is 2. The van der Waals surface area contributed by atoms with Crippen molar-refractivity contribution in [3.8, 4) is 11.8 Å². The molecule has 0 bridgehead atoms. The highest BCUT2D eigenvalue weighted by atomic mass is 16.5. The molecule has 7 heteroatoms. The first-order valence-corrected chi connectivity index (χ1v) is 8.32. The summed E-state index contributed by atoms with van der Waals surface area (Å²) >= 11 is 0. The van der Waals surface area contributed by atoms with Gasteiger partial charge >= 0.3 is 0 Å². The highest BCUT2D eigenvalue weighted by Gasteiger charge is 2.11. The molecule has 7 nitrogen and oxygen atoms in total. The van der Waals surface area contributed by atoms with Crippen molar-refractivity contribution in [1.82, 2.24) is 9.97 Å². The van der Waals surface area contributed by atoms with Gasteiger partial charge in [0.25, 0.3) is 5.91 Å². The number of nitrogens with one attached hydrogen (secondary N) is 2. The quantitative estimate of drug-likeness (QED) is 0.695. The van der Waals surface area contributed by atoms with Crippen molar-refractivity contribution in [2.24, 2.45) is 0 Å². The zero-order valence-electron chi connectivity index (χ0n) is 14.6. The Morgan fingerprint density at radius 2 is 1.89 bits per heavy atom. The van der Waals surface area contributed by atoms with Crippen molar-refractivity contribution in [3.63, 3.8) is 0 Å². The molecule has 3 aromatic rings. The maximum absolute atomic E-state index is 12.4. The lowest BCUT2D eigenvalue weighted by molar-refractivity contribution is 0.102. The van der Waals surface area contributed by atoms with Crippen molar-refractivity contribution in [2.75, 3.05) is 17.2 Å². The minimum Gasteiger partial charge on any atom is -0.492 e. The number of ether oxygens (including phenoxy) is 1. The highest BCUT2D eigenvalue weighted by molar-refractivity contribution is 6.03. The zero-order chi connectivity index (χ0) is 19.1. The van der Waals surface area contributed by atoms with Crippen LogP contribution >= 0.6 is 0 Å². The average Bonchev–Trinajstić information content (AvgIpc) is 2.71. The van der Waals surface area contributed by atoms with Gasteiger partial charge in [0.15, 0.2) is 0 Å². The van der Waals surface area contributed by atoms with E-state index in [1.165, 1.54) is 12.4 Å². The first-order valence-electron chi connectivity index (χ1n) is 8.32. The van der Waals surface area contributed by atoms with Gasteiger partial charge in [-0.1, -0.05) is 12.1 Å². The zero-order valence-corrected chi connectivity index (χ0v) is 14.6. The van der Waals surface area contributed by atoms with Gasteiger partial charge < -0.3 is 15.4 Å². The van der Waals surface area contributed by atoms with Crippen LogP contribution in [-0.4, -0.2) is 22.5 Å². The smallest absolute Gasteiger partial charge is 0.275 e. The molecule has 1 aromatic heterocycles. The maximum Gasteiger partial charge on any atom is 0.275 e. The summed E-state index contributed by atoms with van der Waals surface area (Å²) in [4.78, 5) is 20.7. The number of para-hydroxylation sites is 2. The molecule has 134 valence electrons. The molecule has 0 fully saturated rings. The van der Waals surface area contributed by atoms with Gasteiger partial charge in [0.2, 0.25) is 0 Å². The Morgan fingerprint density at radius 3 is 2.56 bits per heavy atom. The third kappa shape index (κ3) is 4.58. The summed E-state index contributed by atoms with van der Waals surface area (Å²) in [5.41, 5.74) is 2.11. The number of aromatic nitrogens is 2. The van der Waals surface area contributed by atoms with E-state index in [0.717, 1.165) is 5.69 Å². The van der Waals surface area contributed by atoms with Gasteiger partial charge in [-0.25, -0.2) is 9.97 Å². The molecular weight excluding hydrogens is 342 g/mol. The largest absolute Gasteiger partial charge is 0.492 e. The summed E-state index contributed by atoms with van der Waals surface area (Å²) in [5.74, 6) is 0.714. The average molecular weight is 359 g/mol. The molecule has 0 aliphatic rings. The van der Waals surface area contributed by atoms with E-state index < -0.39 is 0 Å². The number of amides is 1. The lowest BCUT2D eigenvalue weighted by atomic mass is 10.2. The Hall–Kier alpha value is -3.92. The van der Waals surface area contributed by atoms with E-state index in [1.807, 2.05) is 19.1 Å². The van der Waals surface area contributed by atoms with Crippen LogP contribution in [0.3, 0.4) is 0 Å². The Kier molecular flexibility index (Phi) is 5.60. The fourth-order valence-corrected chi connectivity index (χ4v) is 2.32. The molecule has 0 aliphatic heterocycles. The van der Waals surface area contributed by atoms with Gasteiger partial charge in [-0.05, 0) is 43.3 Å². The molecule has 0 spiro atoms. The summed E-state index contributed by atoms with van der Waals surface area (Å²) in [5, 5.41) is 14.7. The van der Waals surface area contributed by atoms with Gasteiger partial charge in [0.05, 0.1) is 36.3 Å². The summed E-state index contributed by atoms with van der Waals surface area (Å²) in [6.07, 6.45) is 2.87. The van der Waals surface area contributed by atoms with E-state index >= 15 is 0 Å². The number of rotatable bonds is 6. The van der Waals surface area contributed by atoms with E-state index in [9.17, 15) is 4.79 Å². The van der Waals surface area contributed by atoms with Crippen molar-refractivity contribution in [1.29, 1.82) is 5.26 Å². The lowest BCUT2D eigenvalue weighted by Crippen LogP contribution is -2.15. The summed E-state index contributed by atoms with van der Waals surface area (Å²) in [7, 11) is 0. The van der Waals surface area contributed by atoms with Gasteiger partial charge in [-0.2, -0.15) is 5.26 Å². The molecule has 0 saturated heterocycles. The summed E-state index contributed by atoms with van der Waals surface area (Å²) in [6.45, 7) is 2.38. The first-order chi connectivity index (χ1) is 13.2. The van der Waals surface area contributed by atoms with Gasteiger partial charge in [-0.15, -0.1) is 0 Å². The normalized spacial score (nSPS) is 9.93. The third-order valence-corrected chi connectivity index (χ3v) is 3.61. The number of benzene rings is 2. The van der Waals surface area contributed by atoms with Crippen LogP contribution in [0.15, 0.2) is 60.9 Å². The monoisotopic (exact) mass is 359 g/mol. The first kappa shape index (κ1) is 17.9. The van der Waals surface area contributed by atoms with Crippen molar-refractivity contribution in [2.45, 2.75) is 6.92 Å². The fraction of sp³-hybridized carbons (Fsp3) is 0.100. The predicted molar refractivity (Wildman–Crippen MR) is 102 cm³/mol. The molecule has 3 rings (SSSR count). The number of hydrogen-bond acceptors (Lipinski definition) is 6. The molecule has 0 radical (unpaired) electrons. The van der Waals surface area contributed by atoms with Crippen LogP contribution in [0.4, 0.5) is 17.2 Å². The molecule has 2 N–H and O–H groups in total. The number of nitrogens with zero attached hydrogens (tertiary/aromatic N) is 3. The van der Waals surface area contributed by atoms with E-state index in [1.54, 1.807) is 36.4 Å². The molecule has 0 aliphatic carbocycles. The molecule has 0 saturated carbocycles. The minimum absolute atomic E-state index is 0.187. The van der Waals surface area contributed by atoms with Crippen LogP contribution in [0, 0.1) is 11.3 Å². The standard InChI is InChI=1S/C20H17N5O2/c1-2-27-18-6-4-3-5-16(18)25-20(26)17-12-23-19(13-22-17)24-15-9-7-14(11-21)8-10-15/h3-10,12-13H,2H2,1H3,(H,23,24)(H,25,26). The van der Waals surface area contributed by atoms with Crippen molar-refractivity contribution in [3.05, 3.63) is 72.2 Å². The molecule has 0 atom stereocenters. The Bertz CT molecular complexity index is 963. The predicted octanol–water partition coefficient (Wildman–Crippen LogP) is 3.74. The Morgan fingerprint density at radius 1 is 1.11 bits per heavy atom. The summed E-state index contributed by atoms with van der Waals surface area (Å²) < 4.78 is 5.49. The van der Waals surface area contributed by atoms with E-state index in [2.05, 4.69) is 26.7 Å². The molecule has 1 heterocycles. The van der Waals surface area contributed by atoms with Gasteiger partial charge in [0, 0.05) is 5.69 Å². The van der Waals surface area contributed by atoms with Crippen LogP contribution < -0.4 is 15.4 Å². The molecule has 0 unspecified atom stereocenters. The van der Waals surface area contributed by atoms with Crippen molar-refractivity contribution < 1.29 is 9.53 Å². The summed E-state index contributed by atoms with van der Waals surface area (Å²) in [6, 6.07) is 16.2. The van der Waals surface area contributed by atoms with Crippen LogP contribution in [0.25, 0.3) is 0 Å². The van der Waals surface area contributed by atoms with Gasteiger partial charge in [0.1, 0.15) is 17.3 Å². The second-order valence-electron chi connectivity index (χ2n) is 5.48. The third-order valence-electron chi connectivity index (χ3n) is 3.61. The van der Waals surface area contributed by atoms with Crippen LogP contribution in [-0.2, 0) is 0 Å². The van der Waals surface area contributed by atoms with E-state index in [-0.39, 0.29) is 11.6 Å². The van der Waals surface area contributed by atoms with Crippen molar-refractivity contribution >= 4 is 23.1 Å². The second kappa shape index (κ2) is 8.45. The molecule has 27 heavy (non-hydrogen) atoms. The van der Waals surface area contributed by atoms with Crippen LogP contribution in [0.5, 0.6) is 5.75 Å². The van der Waals surface area contributed by atoms with Crippen LogP contribution in [0.2, 0.25) is 0 Å². The molecule has 1 amide bonds. The topological polar surface area (TPSA) is 99.9 Å². The second-order valence-corrected chi connectivity index (χ2v) is 5.48. The number of anilines is 3.